The van der Waals surface area contributed by atoms with Gasteiger partial charge in [-0.1, -0.05) is 72.3 Å². The first-order valence-electron chi connectivity index (χ1n) is 11.0. The minimum Gasteiger partial charge on any atom is -0.292 e. The van der Waals surface area contributed by atoms with Crippen molar-refractivity contribution in [1.29, 1.82) is 0 Å². The van der Waals surface area contributed by atoms with E-state index in [0.717, 1.165) is 16.7 Å². The van der Waals surface area contributed by atoms with E-state index in [1.54, 1.807) is 47.6 Å². The van der Waals surface area contributed by atoms with Crippen LogP contribution in [0, 0.1) is 18.8 Å². The topological polar surface area (TPSA) is 70.1 Å². The Bertz CT molecular complexity index is 1320. The van der Waals surface area contributed by atoms with Gasteiger partial charge in [-0.2, -0.15) is 5.10 Å². The molecule has 33 heavy (non-hydrogen) atoms. The van der Waals surface area contributed by atoms with Crippen LogP contribution in [0.25, 0.3) is 0 Å². The van der Waals surface area contributed by atoms with Crippen molar-refractivity contribution in [2.75, 3.05) is 4.90 Å². The molecule has 3 heterocycles. The van der Waals surface area contributed by atoms with E-state index >= 15 is 0 Å². The van der Waals surface area contributed by atoms with Crippen LogP contribution < -0.4 is 4.90 Å². The summed E-state index contributed by atoms with van der Waals surface area (Å²) < 4.78 is 0. The fourth-order valence-electron chi connectivity index (χ4n) is 5.39. The van der Waals surface area contributed by atoms with Crippen LogP contribution in [0.2, 0.25) is 0 Å². The second-order valence-electron chi connectivity index (χ2n) is 8.77. The predicted molar refractivity (Wildman–Crippen MR) is 124 cm³/mol. The largest absolute Gasteiger partial charge is 0.292 e. The second kappa shape index (κ2) is 7.24. The molecule has 6 nitrogen and oxygen atoms in total. The van der Waals surface area contributed by atoms with E-state index in [4.69, 9.17) is 0 Å². The molecule has 162 valence electrons. The van der Waals surface area contributed by atoms with Gasteiger partial charge < -0.3 is 0 Å². The number of carbonyl (C=O) groups is 3. The quantitative estimate of drug-likeness (QED) is 0.464. The molecule has 2 saturated heterocycles. The predicted octanol–water partition coefficient (Wildman–Crippen LogP) is 3.76. The number of ketones is 1. The SMILES string of the molecule is Cc1ccc(N2C(=O)C3C(C2=O)C2c4ccccc4C=NN2C3C(=O)c2ccccc2)cc1. The van der Waals surface area contributed by atoms with Crippen molar-refractivity contribution in [2.24, 2.45) is 16.9 Å². The summed E-state index contributed by atoms with van der Waals surface area (Å²) in [6, 6.07) is 22.6. The highest BCUT2D eigenvalue weighted by Crippen LogP contribution is 2.53. The number of carbonyl (C=O) groups excluding carboxylic acids is 3. The summed E-state index contributed by atoms with van der Waals surface area (Å²) in [5, 5.41) is 6.28. The molecule has 6 rings (SSSR count). The van der Waals surface area contributed by atoms with E-state index in [1.165, 1.54) is 4.90 Å². The molecule has 3 aliphatic heterocycles. The number of rotatable bonds is 3. The second-order valence-corrected chi connectivity index (χ2v) is 8.77. The summed E-state index contributed by atoms with van der Waals surface area (Å²) in [7, 11) is 0. The highest BCUT2D eigenvalue weighted by atomic mass is 16.2. The third kappa shape index (κ3) is 2.80. The molecule has 0 radical (unpaired) electrons. The summed E-state index contributed by atoms with van der Waals surface area (Å²) in [5.74, 6) is -2.31. The van der Waals surface area contributed by atoms with Crippen LogP contribution >= 0.6 is 0 Å². The number of aryl methyl sites for hydroxylation is 1. The van der Waals surface area contributed by atoms with Crippen LogP contribution in [0.5, 0.6) is 0 Å². The lowest BCUT2D eigenvalue weighted by atomic mass is 9.83. The Hall–Kier alpha value is -4.06. The van der Waals surface area contributed by atoms with Crippen LogP contribution in [-0.4, -0.2) is 34.9 Å². The average Bonchev–Trinajstić information content (AvgIpc) is 3.32. The van der Waals surface area contributed by atoms with Gasteiger partial charge in [0.2, 0.25) is 11.8 Å². The van der Waals surface area contributed by atoms with E-state index in [2.05, 4.69) is 5.10 Å². The number of amides is 2. The van der Waals surface area contributed by atoms with Gasteiger partial charge in [-0.3, -0.25) is 19.4 Å². The number of nitrogens with zero attached hydrogens (tertiary/aromatic N) is 3. The Morgan fingerprint density at radius 2 is 1.48 bits per heavy atom. The fourth-order valence-corrected chi connectivity index (χ4v) is 5.39. The molecule has 0 N–H and O–H groups in total. The Balaban J connectivity index is 1.50. The lowest BCUT2D eigenvalue weighted by Gasteiger charge is -2.33. The van der Waals surface area contributed by atoms with Gasteiger partial charge in [-0.15, -0.1) is 0 Å². The molecule has 3 aromatic rings. The molecule has 0 saturated carbocycles. The molecule has 3 aliphatic rings. The number of anilines is 1. The third-order valence-electron chi connectivity index (χ3n) is 6.91. The molecular weight excluding hydrogens is 414 g/mol. The van der Waals surface area contributed by atoms with Gasteiger partial charge in [0.15, 0.2) is 5.78 Å². The first kappa shape index (κ1) is 19.6. The summed E-state index contributed by atoms with van der Waals surface area (Å²) in [5.41, 5.74) is 3.90. The molecule has 3 aromatic carbocycles. The van der Waals surface area contributed by atoms with Gasteiger partial charge in [0.05, 0.1) is 29.8 Å². The van der Waals surface area contributed by atoms with Gasteiger partial charge in [-0.05, 0) is 30.2 Å². The van der Waals surface area contributed by atoms with E-state index in [9.17, 15) is 14.4 Å². The molecule has 0 bridgehead atoms. The smallest absolute Gasteiger partial charge is 0.240 e. The number of fused-ring (bicyclic) bond motifs is 5. The van der Waals surface area contributed by atoms with Crippen molar-refractivity contribution in [3.8, 4) is 0 Å². The van der Waals surface area contributed by atoms with Gasteiger partial charge >= 0.3 is 0 Å². The van der Waals surface area contributed by atoms with Crippen molar-refractivity contribution in [2.45, 2.75) is 19.0 Å². The van der Waals surface area contributed by atoms with E-state index in [0.29, 0.717) is 11.3 Å². The van der Waals surface area contributed by atoms with Crippen molar-refractivity contribution >= 4 is 29.5 Å². The number of benzene rings is 3. The van der Waals surface area contributed by atoms with Crippen LogP contribution in [0.1, 0.15) is 33.1 Å². The van der Waals surface area contributed by atoms with Crippen molar-refractivity contribution in [3.05, 3.63) is 101 Å². The number of hydrogen-bond donors (Lipinski definition) is 0. The maximum Gasteiger partial charge on any atom is 0.240 e. The molecule has 4 unspecified atom stereocenters. The summed E-state index contributed by atoms with van der Waals surface area (Å²) in [6.45, 7) is 1.95. The molecule has 0 spiro atoms. The average molecular weight is 435 g/mol. The fraction of sp³-hybridized carbons (Fsp3) is 0.185. The molecular formula is C27H21N3O3. The Morgan fingerprint density at radius 3 is 2.24 bits per heavy atom. The van der Waals surface area contributed by atoms with Crippen LogP contribution in [0.4, 0.5) is 5.69 Å². The Morgan fingerprint density at radius 1 is 0.818 bits per heavy atom. The zero-order chi connectivity index (χ0) is 22.7. The third-order valence-corrected chi connectivity index (χ3v) is 6.91. The van der Waals surface area contributed by atoms with E-state index in [-0.39, 0.29) is 17.6 Å². The monoisotopic (exact) mass is 435 g/mol. The maximum atomic E-state index is 13.8. The highest BCUT2D eigenvalue weighted by Gasteiger charge is 2.65. The molecule has 6 heteroatoms. The van der Waals surface area contributed by atoms with Gasteiger partial charge in [0.25, 0.3) is 0 Å². The molecule has 4 atom stereocenters. The standard InChI is InChI=1S/C27H21N3O3/c1-16-11-13-19(14-12-16)29-26(32)21-22(27(29)33)24(25(31)17-7-3-2-4-8-17)30-23(21)20-10-6-5-9-18(20)15-28-30/h2-15,21-24H,1H3. The number of hydrazone groups is 1. The summed E-state index contributed by atoms with van der Waals surface area (Å²) >= 11 is 0. The molecule has 0 aliphatic carbocycles. The zero-order valence-electron chi connectivity index (χ0n) is 18.0. The number of hydrogen-bond acceptors (Lipinski definition) is 5. The summed E-state index contributed by atoms with van der Waals surface area (Å²) in [6.07, 6.45) is 1.71. The lowest BCUT2D eigenvalue weighted by Crippen LogP contribution is -2.44. The maximum absolute atomic E-state index is 13.8. The molecule has 2 amide bonds. The normalized spacial score (nSPS) is 25.1. The van der Waals surface area contributed by atoms with Gasteiger partial charge in [-0.25, -0.2) is 4.90 Å². The first-order chi connectivity index (χ1) is 16.1. The van der Waals surface area contributed by atoms with E-state index in [1.807, 2.05) is 49.4 Å². The number of Topliss-reactive ketones (excluding diaryl/α,β-unsaturated/α-hetero) is 1. The van der Waals surface area contributed by atoms with Gasteiger partial charge in [0.1, 0.15) is 6.04 Å². The van der Waals surface area contributed by atoms with Crippen molar-refractivity contribution in [1.82, 2.24) is 5.01 Å². The van der Waals surface area contributed by atoms with E-state index < -0.39 is 23.9 Å². The van der Waals surface area contributed by atoms with Crippen LogP contribution in [0.15, 0.2) is 84.0 Å². The zero-order valence-corrected chi connectivity index (χ0v) is 18.0. The van der Waals surface area contributed by atoms with Crippen LogP contribution in [0.3, 0.4) is 0 Å². The highest BCUT2D eigenvalue weighted by molar-refractivity contribution is 6.24. The minimum absolute atomic E-state index is 0.198. The lowest BCUT2D eigenvalue weighted by molar-refractivity contribution is -0.124. The van der Waals surface area contributed by atoms with Crippen LogP contribution in [-0.2, 0) is 9.59 Å². The first-order valence-corrected chi connectivity index (χ1v) is 11.0. The minimum atomic E-state index is -0.848. The molecule has 2 fully saturated rings. The van der Waals surface area contributed by atoms with Gasteiger partial charge in [0, 0.05) is 5.56 Å². The van der Waals surface area contributed by atoms with Crippen molar-refractivity contribution in [3.63, 3.8) is 0 Å². The summed E-state index contributed by atoms with van der Waals surface area (Å²) in [4.78, 5) is 42.5. The number of imide groups is 1. The van der Waals surface area contributed by atoms with Crippen molar-refractivity contribution < 1.29 is 14.4 Å². The Kier molecular flexibility index (Phi) is 4.30. The molecule has 0 aromatic heterocycles. The Labute approximate surface area is 191 Å².